The maximum absolute atomic E-state index is 13.1. The van der Waals surface area contributed by atoms with Crippen LogP contribution in [0.4, 0.5) is 0 Å². The maximum atomic E-state index is 13.1. The first-order valence-electron chi connectivity index (χ1n) is 9.99. The monoisotopic (exact) mass is 415 g/mol. The minimum Gasteiger partial charge on any atom is -0.497 e. The molecule has 0 aliphatic carbocycles. The molecule has 0 saturated carbocycles. The molecule has 156 valence electrons. The lowest BCUT2D eigenvalue weighted by molar-refractivity contribution is -0.133. The van der Waals surface area contributed by atoms with Crippen LogP contribution >= 0.6 is 0 Å². The van der Waals surface area contributed by atoms with E-state index in [9.17, 15) is 13.2 Å². The number of methoxy groups -OCH3 is 1. The molecule has 5 nitrogen and oxygen atoms in total. The molecule has 2 aromatic carbocycles. The Labute approximate surface area is 173 Å². The van der Waals surface area contributed by atoms with E-state index in [1.807, 2.05) is 36.4 Å². The number of benzene rings is 2. The van der Waals surface area contributed by atoms with Gasteiger partial charge in [0.1, 0.15) is 5.75 Å². The fourth-order valence-electron chi connectivity index (χ4n) is 3.67. The average molecular weight is 416 g/mol. The lowest BCUT2D eigenvalue weighted by Gasteiger charge is -2.29. The van der Waals surface area contributed by atoms with Gasteiger partial charge in [0.25, 0.3) is 0 Å². The third-order valence-corrected chi connectivity index (χ3v) is 7.23. The van der Waals surface area contributed by atoms with Crippen molar-refractivity contribution in [3.63, 3.8) is 0 Å². The van der Waals surface area contributed by atoms with Crippen LogP contribution in [-0.4, -0.2) is 43.9 Å². The molecule has 1 saturated heterocycles. The predicted octanol–water partition coefficient (Wildman–Crippen LogP) is 3.58. The molecule has 1 fully saturated rings. The molecule has 1 aliphatic rings. The second kappa shape index (κ2) is 8.99. The molecule has 0 aromatic heterocycles. The number of hydrogen-bond donors (Lipinski definition) is 0. The first kappa shape index (κ1) is 21.4. The molecule has 2 aromatic rings. The largest absolute Gasteiger partial charge is 0.497 e. The molecule has 1 atom stereocenters. The number of rotatable bonds is 7. The number of carbonyl (C=O) groups is 1. The highest BCUT2D eigenvalue weighted by atomic mass is 32.2. The quantitative estimate of drug-likeness (QED) is 0.693. The summed E-state index contributed by atoms with van der Waals surface area (Å²) in [6.45, 7) is 4.71. The normalized spacial score (nSPS) is 18.0. The number of ether oxygens (including phenoxy) is 1. The fraction of sp³-hybridized carbons (Fsp3) is 0.435. The van der Waals surface area contributed by atoms with Crippen molar-refractivity contribution in [2.45, 2.75) is 45.2 Å². The molecule has 1 unspecified atom stereocenters. The van der Waals surface area contributed by atoms with Gasteiger partial charge < -0.3 is 9.64 Å². The van der Waals surface area contributed by atoms with Crippen molar-refractivity contribution < 1.29 is 17.9 Å². The summed E-state index contributed by atoms with van der Waals surface area (Å²) < 4.78 is 29.2. The molecule has 3 rings (SSSR count). The van der Waals surface area contributed by atoms with Gasteiger partial charge in [0.05, 0.1) is 25.0 Å². The van der Waals surface area contributed by atoms with Gasteiger partial charge in [-0.05, 0) is 41.2 Å². The molecule has 0 spiro atoms. The molecule has 0 radical (unpaired) electrons. The van der Waals surface area contributed by atoms with E-state index in [0.717, 1.165) is 16.9 Å². The summed E-state index contributed by atoms with van der Waals surface area (Å²) in [5.74, 6) is 1.33. The Bertz CT molecular complexity index is 934. The average Bonchev–Trinajstić information content (AvgIpc) is 3.06. The van der Waals surface area contributed by atoms with Gasteiger partial charge in [-0.2, -0.15) is 0 Å². The van der Waals surface area contributed by atoms with Crippen molar-refractivity contribution in [3.8, 4) is 5.75 Å². The first-order chi connectivity index (χ1) is 13.8. The Balaban J connectivity index is 1.79. The van der Waals surface area contributed by atoms with Gasteiger partial charge in [-0.1, -0.05) is 50.2 Å². The molecule has 6 heteroatoms. The van der Waals surface area contributed by atoms with Gasteiger partial charge in [0, 0.05) is 12.6 Å². The molecule has 1 amide bonds. The second-order valence-electron chi connectivity index (χ2n) is 8.00. The number of hydrogen-bond acceptors (Lipinski definition) is 4. The summed E-state index contributed by atoms with van der Waals surface area (Å²) in [6, 6.07) is 15.4. The van der Waals surface area contributed by atoms with Crippen LogP contribution in [0.15, 0.2) is 48.5 Å². The molecule has 0 bridgehead atoms. The Morgan fingerprint density at radius 3 is 2.21 bits per heavy atom. The van der Waals surface area contributed by atoms with Crippen LogP contribution in [0.3, 0.4) is 0 Å². The Kier molecular flexibility index (Phi) is 6.63. The van der Waals surface area contributed by atoms with Crippen LogP contribution in [0.1, 0.15) is 42.9 Å². The lowest BCUT2D eigenvalue weighted by atomic mass is 10.0. The van der Waals surface area contributed by atoms with E-state index in [0.29, 0.717) is 18.9 Å². The second-order valence-corrected chi connectivity index (χ2v) is 10.2. The van der Waals surface area contributed by atoms with Crippen molar-refractivity contribution in [2.24, 2.45) is 0 Å². The van der Waals surface area contributed by atoms with Crippen molar-refractivity contribution in [1.29, 1.82) is 0 Å². The van der Waals surface area contributed by atoms with Gasteiger partial charge in [0.2, 0.25) is 5.91 Å². The maximum Gasteiger partial charge on any atom is 0.227 e. The van der Waals surface area contributed by atoms with E-state index < -0.39 is 9.84 Å². The molecule has 1 aliphatic heterocycles. The predicted molar refractivity (Wildman–Crippen MR) is 115 cm³/mol. The van der Waals surface area contributed by atoms with Crippen molar-refractivity contribution >= 4 is 15.7 Å². The Morgan fingerprint density at radius 1 is 1.07 bits per heavy atom. The number of nitrogens with zero attached hydrogens (tertiary/aromatic N) is 1. The van der Waals surface area contributed by atoms with Crippen LogP contribution in [0.5, 0.6) is 5.75 Å². The minimum absolute atomic E-state index is 0.0471. The molecular weight excluding hydrogens is 386 g/mol. The highest BCUT2D eigenvalue weighted by Gasteiger charge is 2.34. The number of sulfone groups is 1. The Hall–Kier alpha value is -2.34. The van der Waals surface area contributed by atoms with Crippen LogP contribution in [-0.2, 0) is 27.6 Å². The van der Waals surface area contributed by atoms with Crippen LogP contribution < -0.4 is 4.74 Å². The van der Waals surface area contributed by atoms with E-state index >= 15 is 0 Å². The zero-order valence-corrected chi connectivity index (χ0v) is 18.1. The van der Waals surface area contributed by atoms with Gasteiger partial charge >= 0.3 is 0 Å². The van der Waals surface area contributed by atoms with Gasteiger partial charge in [0.15, 0.2) is 9.84 Å². The topological polar surface area (TPSA) is 63.7 Å². The summed E-state index contributed by atoms with van der Waals surface area (Å²) in [5, 5.41) is 0. The van der Waals surface area contributed by atoms with Gasteiger partial charge in [-0.25, -0.2) is 8.42 Å². The summed E-state index contributed by atoms with van der Waals surface area (Å²) in [4.78, 5) is 14.9. The molecule has 0 N–H and O–H groups in total. The highest BCUT2D eigenvalue weighted by Crippen LogP contribution is 2.23. The zero-order valence-electron chi connectivity index (χ0n) is 17.3. The zero-order chi connectivity index (χ0) is 21.0. The highest BCUT2D eigenvalue weighted by molar-refractivity contribution is 7.91. The molecular formula is C23H29NO4S. The Morgan fingerprint density at radius 2 is 1.69 bits per heavy atom. The van der Waals surface area contributed by atoms with Gasteiger partial charge in [-0.3, -0.25) is 4.79 Å². The van der Waals surface area contributed by atoms with Crippen LogP contribution in [0, 0.1) is 0 Å². The first-order valence-corrected chi connectivity index (χ1v) is 11.8. The van der Waals surface area contributed by atoms with Gasteiger partial charge in [-0.15, -0.1) is 0 Å². The van der Waals surface area contributed by atoms with E-state index in [1.54, 1.807) is 12.0 Å². The number of amides is 1. The number of carbonyl (C=O) groups excluding carboxylic acids is 1. The van der Waals surface area contributed by atoms with Crippen LogP contribution in [0.25, 0.3) is 0 Å². The van der Waals surface area contributed by atoms with Crippen molar-refractivity contribution in [3.05, 3.63) is 65.2 Å². The lowest BCUT2D eigenvalue weighted by Crippen LogP contribution is -2.41. The van der Waals surface area contributed by atoms with Crippen molar-refractivity contribution in [1.82, 2.24) is 4.90 Å². The van der Waals surface area contributed by atoms with E-state index in [-0.39, 0.29) is 29.9 Å². The molecule has 1 heterocycles. The summed E-state index contributed by atoms with van der Waals surface area (Å²) in [5.41, 5.74) is 3.15. The summed E-state index contributed by atoms with van der Waals surface area (Å²) >= 11 is 0. The summed E-state index contributed by atoms with van der Waals surface area (Å²) in [7, 11) is -1.47. The fourth-order valence-corrected chi connectivity index (χ4v) is 5.40. The minimum atomic E-state index is -3.08. The third-order valence-electron chi connectivity index (χ3n) is 5.48. The van der Waals surface area contributed by atoms with E-state index in [1.165, 1.54) is 5.56 Å². The smallest absolute Gasteiger partial charge is 0.227 e. The van der Waals surface area contributed by atoms with E-state index in [4.69, 9.17) is 4.74 Å². The van der Waals surface area contributed by atoms with E-state index in [2.05, 4.69) is 26.0 Å². The molecule has 29 heavy (non-hydrogen) atoms. The SMILES string of the molecule is COc1ccc(CC(=O)N(Cc2ccc(C(C)C)cc2)C2CCS(=O)(=O)C2)cc1. The third kappa shape index (κ3) is 5.60. The van der Waals surface area contributed by atoms with Crippen LogP contribution in [0.2, 0.25) is 0 Å². The summed E-state index contributed by atoms with van der Waals surface area (Å²) in [6.07, 6.45) is 0.741. The van der Waals surface area contributed by atoms with Crippen molar-refractivity contribution in [2.75, 3.05) is 18.6 Å². The standard InChI is InChI=1S/C23H29NO4S/c1-17(2)20-8-4-19(5-9-20)15-24(21-12-13-29(26,27)16-21)23(25)14-18-6-10-22(28-3)11-7-18/h4-11,17,21H,12-16H2,1-3H3.